The Hall–Kier alpha value is -7.03. The molecule has 246 valence electrons. The van der Waals surface area contributed by atoms with Gasteiger partial charge < -0.3 is 4.57 Å². The van der Waals surface area contributed by atoms with Crippen LogP contribution in [-0.4, -0.2) is 9.55 Å². The number of nitrogens with zero attached hydrogens (tertiary/aromatic N) is 2. The standard InChI is InChI=1S/C51H32N2/c1-3-13-39-33(11-1)26-30-46-50(39)51-40-14-4-2-12-34(40)27-31-47(51)53(46)38-28-24-37(25-29-38)49-43-17-7-5-15-41(43)48(42-16-6-8-18-44(42)49)36-22-20-35(21-23-36)45-19-9-10-32-52-45/h1-32H. The minimum Gasteiger partial charge on any atom is -0.309 e. The van der Waals surface area contributed by atoms with Crippen molar-refractivity contribution < 1.29 is 0 Å². The van der Waals surface area contributed by atoms with Gasteiger partial charge in [-0.05, 0) is 102 Å². The molecule has 0 aliphatic heterocycles. The molecule has 2 nitrogen and oxygen atoms in total. The minimum atomic E-state index is 0.982. The number of rotatable bonds is 4. The lowest BCUT2D eigenvalue weighted by atomic mass is 9.86. The van der Waals surface area contributed by atoms with Gasteiger partial charge in [0, 0.05) is 28.2 Å². The first-order valence-corrected chi connectivity index (χ1v) is 18.2. The van der Waals surface area contributed by atoms with Crippen LogP contribution in [0.15, 0.2) is 194 Å². The highest BCUT2D eigenvalue weighted by molar-refractivity contribution is 6.28. The number of benzene rings is 9. The molecule has 0 N–H and O–H groups in total. The summed E-state index contributed by atoms with van der Waals surface area (Å²) in [4.78, 5) is 4.57. The van der Waals surface area contributed by atoms with Gasteiger partial charge in [-0.15, -0.1) is 0 Å². The van der Waals surface area contributed by atoms with E-state index < -0.39 is 0 Å². The molecule has 0 spiro atoms. The summed E-state index contributed by atoms with van der Waals surface area (Å²) in [5, 5.41) is 12.7. The molecule has 0 saturated heterocycles. The predicted molar refractivity (Wildman–Crippen MR) is 225 cm³/mol. The Morgan fingerprint density at radius 1 is 0.321 bits per heavy atom. The Bertz CT molecular complexity index is 3040. The molecule has 2 heteroatoms. The first-order chi connectivity index (χ1) is 26.3. The smallest absolute Gasteiger partial charge is 0.0701 e. The van der Waals surface area contributed by atoms with Crippen molar-refractivity contribution in [2.75, 3.05) is 0 Å². The van der Waals surface area contributed by atoms with E-state index in [1.165, 1.54) is 87.1 Å². The van der Waals surface area contributed by atoms with Crippen LogP contribution in [0.5, 0.6) is 0 Å². The maximum absolute atomic E-state index is 4.57. The summed E-state index contributed by atoms with van der Waals surface area (Å²) in [5.74, 6) is 0. The maximum atomic E-state index is 4.57. The second kappa shape index (κ2) is 11.8. The fraction of sp³-hybridized carbons (Fsp3) is 0. The molecular weight excluding hydrogens is 641 g/mol. The zero-order chi connectivity index (χ0) is 34.9. The van der Waals surface area contributed by atoms with Gasteiger partial charge in [0.15, 0.2) is 0 Å². The molecule has 53 heavy (non-hydrogen) atoms. The number of hydrogen-bond donors (Lipinski definition) is 0. The molecule has 0 saturated carbocycles. The van der Waals surface area contributed by atoms with Crippen molar-refractivity contribution in [3.05, 3.63) is 194 Å². The van der Waals surface area contributed by atoms with Crippen molar-refractivity contribution >= 4 is 64.9 Å². The highest BCUT2D eigenvalue weighted by atomic mass is 15.0. The Labute approximate surface area is 306 Å². The van der Waals surface area contributed by atoms with Crippen LogP contribution in [0.2, 0.25) is 0 Å². The van der Waals surface area contributed by atoms with Crippen LogP contribution in [0.4, 0.5) is 0 Å². The van der Waals surface area contributed by atoms with Gasteiger partial charge in [-0.1, -0.05) is 152 Å². The molecule has 9 aromatic carbocycles. The van der Waals surface area contributed by atoms with Gasteiger partial charge in [0.05, 0.1) is 16.7 Å². The first kappa shape index (κ1) is 29.7. The summed E-state index contributed by atoms with van der Waals surface area (Å²) in [6.07, 6.45) is 1.85. The molecule has 0 radical (unpaired) electrons. The topological polar surface area (TPSA) is 17.8 Å². The van der Waals surface area contributed by atoms with Crippen molar-refractivity contribution in [3.8, 4) is 39.2 Å². The van der Waals surface area contributed by atoms with Crippen LogP contribution >= 0.6 is 0 Å². The van der Waals surface area contributed by atoms with Gasteiger partial charge in [-0.3, -0.25) is 4.98 Å². The summed E-state index contributed by atoms with van der Waals surface area (Å²) in [5.41, 5.74) is 10.6. The highest BCUT2D eigenvalue weighted by Gasteiger charge is 2.19. The normalized spacial score (nSPS) is 11.8. The van der Waals surface area contributed by atoms with E-state index in [0.717, 1.165) is 16.9 Å². The van der Waals surface area contributed by atoms with E-state index in [1.54, 1.807) is 0 Å². The summed E-state index contributed by atoms with van der Waals surface area (Å²) < 4.78 is 2.45. The molecule has 0 fully saturated rings. The molecule has 0 amide bonds. The van der Waals surface area contributed by atoms with Crippen LogP contribution in [-0.2, 0) is 0 Å². The average molecular weight is 673 g/mol. The van der Waals surface area contributed by atoms with Gasteiger partial charge in [0.1, 0.15) is 0 Å². The summed E-state index contributed by atoms with van der Waals surface area (Å²) in [7, 11) is 0. The van der Waals surface area contributed by atoms with Gasteiger partial charge in [0.2, 0.25) is 0 Å². The average Bonchev–Trinajstić information content (AvgIpc) is 3.59. The van der Waals surface area contributed by atoms with Crippen LogP contribution in [0.1, 0.15) is 0 Å². The molecular formula is C51H32N2. The van der Waals surface area contributed by atoms with Crippen LogP contribution in [0.25, 0.3) is 104 Å². The third-order valence-electron chi connectivity index (χ3n) is 11.0. The maximum Gasteiger partial charge on any atom is 0.0701 e. The Morgan fingerprint density at radius 2 is 0.736 bits per heavy atom. The third-order valence-corrected chi connectivity index (χ3v) is 11.0. The van der Waals surface area contributed by atoms with Crippen molar-refractivity contribution in [2.24, 2.45) is 0 Å². The molecule has 0 unspecified atom stereocenters. The van der Waals surface area contributed by atoms with Crippen LogP contribution < -0.4 is 0 Å². The van der Waals surface area contributed by atoms with E-state index in [0.29, 0.717) is 0 Å². The molecule has 11 rings (SSSR count). The largest absolute Gasteiger partial charge is 0.309 e. The van der Waals surface area contributed by atoms with Gasteiger partial charge in [0.25, 0.3) is 0 Å². The molecule has 0 aliphatic rings. The lowest BCUT2D eigenvalue weighted by Crippen LogP contribution is -1.95. The van der Waals surface area contributed by atoms with E-state index >= 15 is 0 Å². The first-order valence-electron chi connectivity index (χ1n) is 18.2. The molecule has 2 heterocycles. The van der Waals surface area contributed by atoms with E-state index in [4.69, 9.17) is 0 Å². The Morgan fingerprint density at radius 3 is 1.21 bits per heavy atom. The zero-order valence-electron chi connectivity index (χ0n) is 28.9. The molecule has 11 aromatic rings. The van der Waals surface area contributed by atoms with Crippen molar-refractivity contribution in [2.45, 2.75) is 0 Å². The van der Waals surface area contributed by atoms with Gasteiger partial charge in [-0.25, -0.2) is 0 Å². The predicted octanol–water partition coefficient (Wildman–Crippen LogP) is 13.8. The van der Waals surface area contributed by atoms with Crippen LogP contribution in [0, 0.1) is 0 Å². The van der Waals surface area contributed by atoms with Gasteiger partial charge in [-0.2, -0.15) is 0 Å². The van der Waals surface area contributed by atoms with E-state index in [9.17, 15) is 0 Å². The number of pyridine rings is 1. The quantitative estimate of drug-likeness (QED) is 0.170. The number of aromatic nitrogens is 2. The molecule has 2 aromatic heterocycles. The molecule has 0 bridgehead atoms. The Kier molecular flexibility index (Phi) is 6.59. The summed E-state index contributed by atoms with van der Waals surface area (Å²) >= 11 is 0. The lowest BCUT2D eigenvalue weighted by Gasteiger charge is -2.18. The fourth-order valence-electron chi connectivity index (χ4n) is 8.69. The zero-order valence-corrected chi connectivity index (χ0v) is 28.9. The lowest BCUT2D eigenvalue weighted by molar-refractivity contribution is 1.18. The Balaban J connectivity index is 1.11. The van der Waals surface area contributed by atoms with E-state index in [1.807, 2.05) is 18.3 Å². The van der Waals surface area contributed by atoms with E-state index in [-0.39, 0.29) is 0 Å². The SMILES string of the molecule is c1ccc(-c2ccc(-c3c4ccccc4c(-c4ccc(-n5c6ccc7ccccc7c6c6c7ccccc7ccc65)cc4)c4ccccc34)cc2)nc1. The summed E-state index contributed by atoms with van der Waals surface area (Å²) in [6, 6.07) is 68.5. The van der Waals surface area contributed by atoms with Crippen molar-refractivity contribution in [1.82, 2.24) is 9.55 Å². The minimum absolute atomic E-state index is 0.982. The molecule has 0 aliphatic carbocycles. The monoisotopic (exact) mass is 672 g/mol. The van der Waals surface area contributed by atoms with E-state index in [2.05, 4.69) is 185 Å². The van der Waals surface area contributed by atoms with Crippen LogP contribution in [0.3, 0.4) is 0 Å². The third kappa shape index (κ3) is 4.56. The van der Waals surface area contributed by atoms with Gasteiger partial charge >= 0.3 is 0 Å². The summed E-state index contributed by atoms with van der Waals surface area (Å²) in [6.45, 7) is 0. The van der Waals surface area contributed by atoms with Crippen molar-refractivity contribution in [3.63, 3.8) is 0 Å². The second-order valence-corrected chi connectivity index (χ2v) is 13.9. The number of fused-ring (bicyclic) bond motifs is 9. The fourth-order valence-corrected chi connectivity index (χ4v) is 8.69. The second-order valence-electron chi connectivity index (χ2n) is 13.9. The van der Waals surface area contributed by atoms with Crippen molar-refractivity contribution in [1.29, 1.82) is 0 Å². The molecule has 0 atom stereocenters. The number of hydrogen-bond acceptors (Lipinski definition) is 1. The highest BCUT2D eigenvalue weighted by Crippen LogP contribution is 2.45.